The zero-order valence-corrected chi connectivity index (χ0v) is 17.4. The summed E-state index contributed by atoms with van der Waals surface area (Å²) in [5.41, 5.74) is 9.88. The molecule has 0 saturated carbocycles. The lowest BCUT2D eigenvalue weighted by molar-refractivity contribution is 0.398. The van der Waals surface area contributed by atoms with Gasteiger partial charge in [-0.15, -0.1) is 0 Å². The normalized spacial score (nSPS) is 12.0. The fourth-order valence-electron chi connectivity index (χ4n) is 2.37. The molecule has 0 amide bonds. The van der Waals surface area contributed by atoms with E-state index in [0.29, 0.717) is 10.8 Å². The van der Waals surface area contributed by atoms with Crippen molar-refractivity contribution in [2.45, 2.75) is 95.9 Å². The number of hydrogen-bond donors (Lipinski definition) is 0. The quantitative estimate of drug-likeness (QED) is 0.512. The molecule has 1 rings (SSSR count). The number of benzene rings is 1. The molecule has 0 aliphatic rings. The van der Waals surface area contributed by atoms with Gasteiger partial charge in [0.2, 0.25) is 0 Å². The first-order valence-corrected chi connectivity index (χ1v) is 8.77. The largest absolute Gasteiger partial charge is 0.0649 e. The van der Waals surface area contributed by atoms with E-state index in [1.807, 2.05) is 0 Å². The molecule has 0 radical (unpaired) electrons. The first-order valence-electron chi connectivity index (χ1n) is 8.77. The van der Waals surface area contributed by atoms with Gasteiger partial charge in [-0.05, 0) is 85.3 Å². The summed E-state index contributed by atoms with van der Waals surface area (Å²) in [5.74, 6) is 0. The molecule has 0 heterocycles. The topological polar surface area (TPSA) is 0 Å². The van der Waals surface area contributed by atoms with E-state index in [2.05, 4.69) is 83.1 Å². The van der Waals surface area contributed by atoms with E-state index in [4.69, 9.17) is 0 Å². The highest BCUT2D eigenvalue weighted by molar-refractivity contribution is 5.49. The second-order valence-electron chi connectivity index (χ2n) is 9.26. The van der Waals surface area contributed by atoms with Crippen molar-refractivity contribution < 1.29 is 0 Å². The zero-order valence-electron chi connectivity index (χ0n) is 17.4. The molecule has 0 aromatic heterocycles. The van der Waals surface area contributed by atoms with Crippen LogP contribution < -0.4 is 0 Å². The summed E-state index contributed by atoms with van der Waals surface area (Å²) in [7, 11) is 0. The van der Waals surface area contributed by atoms with Gasteiger partial charge in [0.15, 0.2) is 0 Å². The maximum atomic E-state index is 2.32. The number of rotatable bonds is 1. The lowest BCUT2D eigenvalue weighted by atomic mass is 9.81. The van der Waals surface area contributed by atoms with E-state index in [0.717, 1.165) is 0 Å². The molecule has 0 spiro atoms. The highest BCUT2D eigenvalue weighted by atomic mass is 14.2. The van der Waals surface area contributed by atoms with Crippen LogP contribution in [0.5, 0.6) is 0 Å². The molecule has 22 heavy (non-hydrogen) atoms. The van der Waals surface area contributed by atoms with Crippen molar-refractivity contribution in [1.82, 2.24) is 0 Å². The Morgan fingerprint density at radius 2 is 0.818 bits per heavy atom. The van der Waals surface area contributed by atoms with E-state index in [1.165, 1.54) is 40.7 Å². The molecular formula is C22H40. The Balaban J connectivity index is 0.000000626. The lowest BCUT2D eigenvalue weighted by Gasteiger charge is -2.25. The van der Waals surface area contributed by atoms with E-state index >= 15 is 0 Å². The van der Waals surface area contributed by atoms with Gasteiger partial charge in [0.25, 0.3) is 0 Å². The van der Waals surface area contributed by atoms with Gasteiger partial charge in [-0.2, -0.15) is 0 Å². The van der Waals surface area contributed by atoms with Gasteiger partial charge in [0, 0.05) is 0 Å². The third kappa shape index (κ3) is 6.55. The Hall–Kier alpha value is -0.780. The van der Waals surface area contributed by atoms with Crippen molar-refractivity contribution >= 4 is 0 Å². The summed E-state index contributed by atoms with van der Waals surface area (Å²) in [6, 6.07) is 0. The molecule has 128 valence electrons. The molecule has 0 aliphatic carbocycles. The van der Waals surface area contributed by atoms with Crippen molar-refractivity contribution in [2.75, 3.05) is 0 Å². The van der Waals surface area contributed by atoms with Gasteiger partial charge in [-0.3, -0.25) is 0 Å². The van der Waals surface area contributed by atoms with Gasteiger partial charge in [0.05, 0.1) is 0 Å². The average molecular weight is 305 g/mol. The molecule has 0 unspecified atom stereocenters. The van der Waals surface area contributed by atoms with Crippen LogP contribution in [0.2, 0.25) is 0 Å². The van der Waals surface area contributed by atoms with Crippen LogP contribution in [-0.2, 0) is 6.42 Å². The van der Waals surface area contributed by atoms with Crippen LogP contribution in [0, 0.1) is 45.4 Å². The predicted molar refractivity (Wildman–Crippen MR) is 103 cm³/mol. The fourth-order valence-corrected chi connectivity index (χ4v) is 2.37. The molecule has 0 atom stereocenters. The molecule has 1 aromatic rings. The van der Waals surface area contributed by atoms with Crippen LogP contribution in [0.4, 0.5) is 0 Å². The van der Waals surface area contributed by atoms with Crippen molar-refractivity contribution in [1.29, 1.82) is 0 Å². The summed E-state index contributed by atoms with van der Waals surface area (Å²) >= 11 is 0. The number of hydrogen-bond acceptors (Lipinski definition) is 0. The maximum Gasteiger partial charge on any atom is -0.0224 e. The summed E-state index contributed by atoms with van der Waals surface area (Å²) in [6.45, 7) is 27.2. The van der Waals surface area contributed by atoms with Gasteiger partial charge in [-0.1, -0.05) is 54.9 Å². The Labute approximate surface area is 140 Å². The third-order valence-corrected chi connectivity index (χ3v) is 4.92. The Morgan fingerprint density at radius 1 is 0.545 bits per heavy atom. The smallest absolute Gasteiger partial charge is 0.0224 e. The zero-order chi connectivity index (χ0) is 17.9. The van der Waals surface area contributed by atoms with Gasteiger partial charge in [0.1, 0.15) is 0 Å². The van der Waals surface area contributed by atoms with E-state index < -0.39 is 0 Å². The Morgan fingerprint density at radius 3 is 1.05 bits per heavy atom. The first kappa shape index (κ1) is 21.2. The van der Waals surface area contributed by atoms with Gasteiger partial charge in [-0.25, -0.2) is 0 Å². The molecule has 0 fully saturated rings. The van der Waals surface area contributed by atoms with Gasteiger partial charge < -0.3 is 0 Å². The minimum Gasteiger partial charge on any atom is -0.0649 e. The average Bonchev–Trinajstić information content (AvgIpc) is 2.38. The minimum absolute atomic E-state index is 0.365. The first-order chi connectivity index (χ1) is 9.71. The minimum atomic E-state index is 0.365. The molecular weight excluding hydrogens is 264 g/mol. The second-order valence-corrected chi connectivity index (χ2v) is 9.26. The Kier molecular flexibility index (Phi) is 7.39. The summed E-state index contributed by atoms with van der Waals surface area (Å²) < 4.78 is 0. The molecule has 0 nitrogen and oxygen atoms in total. The van der Waals surface area contributed by atoms with Crippen LogP contribution >= 0.6 is 0 Å². The molecule has 0 saturated heterocycles. The second kappa shape index (κ2) is 7.66. The third-order valence-electron chi connectivity index (χ3n) is 4.92. The van der Waals surface area contributed by atoms with E-state index in [-0.39, 0.29) is 0 Å². The van der Waals surface area contributed by atoms with Crippen molar-refractivity contribution in [3.05, 3.63) is 33.4 Å². The van der Waals surface area contributed by atoms with Crippen LogP contribution in [0.25, 0.3) is 0 Å². The summed E-state index contributed by atoms with van der Waals surface area (Å²) in [5, 5.41) is 0. The van der Waals surface area contributed by atoms with Crippen LogP contribution in [0.1, 0.15) is 88.3 Å². The van der Waals surface area contributed by atoms with E-state index in [1.54, 1.807) is 5.56 Å². The summed E-state index contributed by atoms with van der Waals surface area (Å²) in [4.78, 5) is 0. The van der Waals surface area contributed by atoms with Crippen molar-refractivity contribution in [3.8, 4) is 0 Å². The maximum absolute atomic E-state index is 2.32. The SMILES string of the molecule is CCC(C)(C)C.Cc1c(C)c(C)c(CC(C)(C)C)c(C)c1C. The molecule has 1 aromatic carbocycles. The molecule has 0 bridgehead atoms. The highest BCUT2D eigenvalue weighted by Crippen LogP contribution is 2.31. The van der Waals surface area contributed by atoms with E-state index in [9.17, 15) is 0 Å². The van der Waals surface area contributed by atoms with Crippen molar-refractivity contribution in [3.63, 3.8) is 0 Å². The lowest BCUT2D eigenvalue weighted by Crippen LogP contribution is -2.13. The Bertz CT molecular complexity index is 461. The fraction of sp³-hybridized carbons (Fsp3) is 0.727. The van der Waals surface area contributed by atoms with Crippen LogP contribution in [-0.4, -0.2) is 0 Å². The predicted octanol–water partition coefficient (Wildman–Crippen LogP) is 7.26. The van der Waals surface area contributed by atoms with Crippen LogP contribution in [0.3, 0.4) is 0 Å². The molecule has 0 heteroatoms. The summed E-state index contributed by atoms with van der Waals surface area (Å²) in [6.07, 6.45) is 2.44. The standard InChI is InChI=1S/C16H26.C6H14/c1-10-11(2)13(4)15(9-16(6,7)8)14(5)12(10)3;1-5-6(2,3)4/h9H2,1-8H3;5H2,1-4H3. The monoisotopic (exact) mass is 304 g/mol. The van der Waals surface area contributed by atoms with Crippen molar-refractivity contribution in [2.24, 2.45) is 10.8 Å². The molecule has 0 aliphatic heterocycles. The van der Waals surface area contributed by atoms with Gasteiger partial charge >= 0.3 is 0 Å². The molecule has 0 N–H and O–H groups in total. The van der Waals surface area contributed by atoms with Crippen LogP contribution in [0.15, 0.2) is 0 Å². The highest BCUT2D eigenvalue weighted by Gasteiger charge is 2.18.